The first kappa shape index (κ1) is 28.9. The van der Waals surface area contributed by atoms with Gasteiger partial charge in [0.1, 0.15) is 22.8 Å². The predicted molar refractivity (Wildman–Crippen MR) is 164 cm³/mol. The van der Waals surface area contributed by atoms with Gasteiger partial charge in [0.15, 0.2) is 0 Å². The maximum atomic E-state index is 13.0. The molecule has 5 heteroatoms. The molecule has 5 rings (SSSR count). The molecule has 1 saturated carbocycles. The van der Waals surface area contributed by atoms with Crippen molar-refractivity contribution < 1.29 is 19.4 Å². The van der Waals surface area contributed by atoms with Gasteiger partial charge in [0.05, 0.1) is 6.42 Å². The van der Waals surface area contributed by atoms with Gasteiger partial charge in [-0.15, -0.1) is 0 Å². The summed E-state index contributed by atoms with van der Waals surface area (Å²) in [7, 11) is 0. The van der Waals surface area contributed by atoms with Crippen LogP contribution in [0, 0.1) is 5.92 Å². The molecule has 0 unspecified atom stereocenters. The third-order valence-electron chi connectivity index (χ3n) is 8.94. The molecule has 2 aliphatic rings. The minimum atomic E-state index is -1.04. The first-order valence-electron chi connectivity index (χ1n) is 15.4. The van der Waals surface area contributed by atoms with Gasteiger partial charge in [-0.1, -0.05) is 107 Å². The first-order chi connectivity index (χ1) is 19.9. The Hall–Kier alpha value is -3.60. The van der Waals surface area contributed by atoms with Crippen LogP contribution in [0.15, 0.2) is 66.7 Å². The second kappa shape index (κ2) is 12.9. The van der Waals surface area contributed by atoms with Crippen molar-refractivity contribution in [1.29, 1.82) is 0 Å². The fourth-order valence-electron chi connectivity index (χ4n) is 6.81. The second-order valence-corrected chi connectivity index (χ2v) is 12.2. The van der Waals surface area contributed by atoms with Crippen molar-refractivity contribution in [3.05, 3.63) is 89.0 Å². The molecule has 2 N–H and O–H groups in total. The zero-order valence-electron chi connectivity index (χ0n) is 24.5. The number of hydrogen-bond donors (Lipinski definition) is 2. The van der Waals surface area contributed by atoms with E-state index in [0.29, 0.717) is 36.5 Å². The number of fused-ring (bicyclic) bond motifs is 2. The van der Waals surface area contributed by atoms with Crippen LogP contribution in [0.25, 0.3) is 0 Å². The topological polar surface area (TPSA) is 75.6 Å². The number of carboxylic acid groups (broad SMARTS) is 1. The minimum Gasteiger partial charge on any atom is -0.481 e. The van der Waals surface area contributed by atoms with Gasteiger partial charge in [0.25, 0.3) is 0 Å². The number of ether oxygens (including phenoxy) is 1. The number of aryl methyl sites for hydroxylation is 1. The largest absolute Gasteiger partial charge is 0.481 e. The fourth-order valence-corrected chi connectivity index (χ4v) is 6.81. The van der Waals surface area contributed by atoms with Gasteiger partial charge in [-0.2, -0.15) is 0 Å². The van der Waals surface area contributed by atoms with Crippen molar-refractivity contribution >= 4 is 17.4 Å². The highest BCUT2D eigenvalue weighted by molar-refractivity contribution is 5.79. The summed E-state index contributed by atoms with van der Waals surface area (Å²) in [4.78, 5) is 25.5. The van der Waals surface area contributed by atoms with Crippen molar-refractivity contribution in [3.8, 4) is 11.5 Å². The summed E-state index contributed by atoms with van der Waals surface area (Å²) in [5.74, 6) is 1.71. The minimum absolute atomic E-state index is 0.156. The van der Waals surface area contributed by atoms with Crippen molar-refractivity contribution in [2.75, 3.05) is 5.32 Å². The molecular formula is C36H43NO4. The van der Waals surface area contributed by atoms with Crippen LogP contribution in [0.5, 0.6) is 11.5 Å². The highest BCUT2D eigenvalue weighted by Crippen LogP contribution is 2.51. The van der Waals surface area contributed by atoms with E-state index in [9.17, 15) is 14.7 Å². The Morgan fingerprint density at radius 3 is 2.20 bits per heavy atom. The summed E-state index contributed by atoms with van der Waals surface area (Å²) < 4.78 is 6.24. The lowest BCUT2D eigenvalue weighted by atomic mass is 9.76. The van der Waals surface area contributed by atoms with Crippen LogP contribution in [0.1, 0.15) is 106 Å². The van der Waals surface area contributed by atoms with Crippen LogP contribution < -0.4 is 10.1 Å². The van der Waals surface area contributed by atoms with Crippen LogP contribution in [-0.4, -0.2) is 16.9 Å². The molecule has 0 spiro atoms. The zero-order valence-corrected chi connectivity index (χ0v) is 24.5. The molecule has 0 aromatic heterocycles. The van der Waals surface area contributed by atoms with Crippen molar-refractivity contribution in [2.24, 2.45) is 5.92 Å². The van der Waals surface area contributed by atoms with Gasteiger partial charge < -0.3 is 15.2 Å². The molecule has 1 aliphatic carbocycles. The molecule has 0 amide bonds. The molecule has 0 radical (unpaired) electrons. The van der Waals surface area contributed by atoms with E-state index >= 15 is 0 Å². The van der Waals surface area contributed by atoms with Crippen molar-refractivity contribution in [2.45, 2.75) is 95.9 Å². The number of anilines is 1. The molecule has 3 aromatic carbocycles. The number of ketones is 1. The van der Waals surface area contributed by atoms with Gasteiger partial charge >= 0.3 is 5.97 Å². The molecule has 0 atom stereocenters. The zero-order chi connectivity index (χ0) is 28.8. The summed E-state index contributed by atoms with van der Waals surface area (Å²) in [6, 6.07) is 21.6. The van der Waals surface area contributed by atoms with E-state index in [4.69, 9.17) is 4.74 Å². The maximum Gasteiger partial charge on any atom is 0.306 e. The molecule has 5 nitrogen and oxygen atoms in total. The van der Waals surface area contributed by atoms with Crippen LogP contribution in [-0.2, 0) is 21.5 Å². The van der Waals surface area contributed by atoms with Gasteiger partial charge in [-0.3, -0.25) is 9.59 Å². The first-order valence-corrected chi connectivity index (χ1v) is 15.4. The van der Waals surface area contributed by atoms with E-state index in [1.54, 1.807) is 0 Å². The number of rotatable bonds is 12. The third kappa shape index (κ3) is 6.50. The van der Waals surface area contributed by atoms with Crippen molar-refractivity contribution in [1.82, 2.24) is 0 Å². The molecule has 1 fully saturated rings. The molecule has 216 valence electrons. The van der Waals surface area contributed by atoms with Crippen LogP contribution >= 0.6 is 0 Å². The Labute approximate surface area is 244 Å². The van der Waals surface area contributed by atoms with Gasteiger partial charge in [0, 0.05) is 29.7 Å². The number of Topliss-reactive ketones (excluding diaryl/α,β-unsaturated/α-hetero) is 1. The Balaban J connectivity index is 1.45. The highest BCUT2D eigenvalue weighted by atomic mass is 16.5. The fraction of sp³-hybridized carbons (Fsp3) is 0.444. The lowest BCUT2D eigenvalue weighted by Gasteiger charge is -2.41. The Morgan fingerprint density at radius 2 is 1.56 bits per heavy atom. The quantitative estimate of drug-likeness (QED) is 0.234. The lowest BCUT2D eigenvalue weighted by Crippen LogP contribution is -2.42. The van der Waals surface area contributed by atoms with E-state index in [1.165, 1.54) is 38.5 Å². The summed E-state index contributed by atoms with van der Waals surface area (Å²) in [6.07, 6.45) is 10.4. The van der Waals surface area contributed by atoms with E-state index in [1.807, 2.05) is 48.5 Å². The normalized spacial score (nSPS) is 16.0. The molecule has 0 saturated heterocycles. The van der Waals surface area contributed by atoms with E-state index in [0.717, 1.165) is 40.3 Å². The standard InChI is InChI=1S/C36H43NO4/c1-25(2)29-17-11-15-27(22-23-28(38)16-10-14-26-12-4-3-5-13-26)35(29)37-36(24-34(39)40)30-18-6-8-20-32(30)41-33-21-9-7-19-31(33)36/h6-9,11,15,17-21,25-26,37H,3-5,10,12-14,16,22-24H2,1-2H3,(H,39,40). The van der Waals surface area contributed by atoms with Crippen molar-refractivity contribution in [3.63, 3.8) is 0 Å². The van der Waals surface area contributed by atoms with Crippen LogP contribution in [0.4, 0.5) is 5.69 Å². The lowest BCUT2D eigenvalue weighted by molar-refractivity contribution is -0.138. The molecule has 3 aromatic rings. The monoisotopic (exact) mass is 553 g/mol. The molecule has 1 aliphatic heterocycles. The third-order valence-corrected chi connectivity index (χ3v) is 8.94. The Bertz CT molecular complexity index is 1330. The van der Waals surface area contributed by atoms with Gasteiger partial charge in [-0.05, 0) is 47.9 Å². The molecule has 1 heterocycles. The van der Waals surface area contributed by atoms with Crippen LogP contribution in [0.3, 0.4) is 0 Å². The Morgan fingerprint density at radius 1 is 0.902 bits per heavy atom. The number of benzene rings is 3. The SMILES string of the molecule is CC(C)c1cccc(CCC(=O)CCCC2CCCCC2)c1NC1(CC(=O)O)c2ccccc2Oc2ccccc21. The number of hydrogen-bond acceptors (Lipinski definition) is 4. The molecule has 41 heavy (non-hydrogen) atoms. The summed E-state index contributed by atoms with van der Waals surface area (Å²) in [6.45, 7) is 4.30. The average molecular weight is 554 g/mol. The van der Waals surface area contributed by atoms with E-state index in [2.05, 4.69) is 37.4 Å². The number of aliphatic carboxylic acids is 1. The number of nitrogens with one attached hydrogen (secondary N) is 1. The second-order valence-electron chi connectivity index (χ2n) is 12.2. The van der Waals surface area contributed by atoms with E-state index < -0.39 is 11.5 Å². The van der Waals surface area contributed by atoms with E-state index in [-0.39, 0.29) is 12.3 Å². The van der Waals surface area contributed by atoms with Gasteiger partial charge in [-0.25, -0.2) is 0 Å². The average Bonchev–Trinajstić information content (AvgIpc) is 2.97. The smallest absolute Gasteiger partial charge is 0.306 e. The van der Waals surface area contributed by atoms with Crippen LogP contribution in [0.2, 0.25) is 0 Å². The highest BCUT2D eigenvalue weighted by Gasteiger charge is 2.44. The van der Waals surface area contributed by atoms with Gasteiger partial charge in [0.2, 0.25) is 0 Å². The summed E-state index contributed by atoms with van der Waals surface area (Å²) in [5.41, 5.74) is 3.63. The number of carbonyl (C=O) groups is 2. The molecular weight excluding hydrogens is 510 g/mol. The number of carboxylic acids is 1. The number of carbonyl (C=O) groups excluding carboxylic acids is 1. The maximum absolute atomic E-state index is 13.0. The molecule has 0 bridgehead atoms. The predicted octanol–water partition coefficient (Wildman–Crippen LogP) is 9.00. The number of para-hydroxylation sites is 3. The Kier molecular flexibility index (Phi) is 9.12. The summed E-state index contributed by atoms with van der Waals surface area (Å²) in [5, 5.41) is 14.0. The summed E-state index contributed by atoms with van der Waals surface area (Å²) >= 11 is 0.